The van der Waals surface area contributed by atoms with E-state index in [1.165, 1.54) is 12.7 Å². The number of halogens is 1. The van der Waals surface area contributed by atoms with Crippen LogP contribution in [0.25, 0.3) is 11.1 Å². The minimum atomic E-state index is -0.389. The van der Waals surface area contributed by atoms with Crippen molar-refractivity contribution in [1.82, 2.24) is 4.90 Å². The molecule has 1 amide bonds. The fourth-order valence-electron chi connectivity index (χ4n) is 4.70. The summed E-state index contributed by atoms with van der Waals surface area (Å²) < 4.78 is 11.8. The Bertz CT molecular complexity index is 1270. The molecule has 0 bridgehead atoms. The zero-order valence-corrected chi connectivity index (χ0v) is 22.3. The summed E-state index contributed by atoms with van der Waals surface area (Å²) in [5.74, 6) is -0.0851. The molecule has 3 aromatic rings. The highest BCUT2D eigenvalue weighted by molar-refractivity contribution is 9.10. The lowest BCUT2D eigenvalue weighted by Crippen LogP contribution is -2.38. The van der Waals surface area contributed by atoms with Crippen LogP contribution in [0.5, 0.6) is 5.75 Å². The molecule has 0 aromatic heterocycles. The second-order valence-electron chi connectivity index (χ2n) is 9.13. The van der Waals surface area contributed by atoms with Crippen molar-refractivity contribution in [3.05, 3.63) is 88.4 Å². The van der Waals surface area contributed by atoms with Crippen molar-refractivity contribution in [3.8, 4) is 22.9 Å². The smallest absolute Gasteiger partial charge is 0.306 e. The van der Waals surface area contributed by atoms with Gasteiger partial charge in [-0.2, -0.15) is 5.26 Å². The Hall–Kier alpha value is -3.63. The summed E-state index contributed by atoms with van der Waals surface area (Å²) in [7, 11) is 1.35. The van der Waals surface area contributed by atoms with Crippen LogP contribution in [-0.4, -0.2) is 43.1 Å². The number of ether oxygens (including phenoxy) is 2. The number of nitrogens with zero attached hydrogens (tertiary/aromatic N) is 2. The van der Waals surface area contributed by atoms with Crippen molar-refractivity contribution >= 4 is 27.8 Å². The van der Waals surface area contributed by atoms with E-state index in [1.54, 1.807) is 12.1 Å². The van der Waals surface area contributed by atoms with Crippen molar-refractivity contribution < 1.29 is 19.1 Å². The molecular formula is C30H29BrN2O4. The van der Waals surface area contributed by atoms with E-state index in [0.29, 0.717) is 30.9 Å². The van der Waals surface area contributed by atoms with E-state index in [0.717, 1.165) is 28.4 Å². The number of benzene rings is 3. The lowest BCUT2D eigenvalue weighted by atomic mass is 10.0. The minimum Gasteiger partial charge on any atom is -0.490 e. The molecule has 2 atom stereocenters. The van der Waals surface area contributed by atoms with E-state index in [4.69, 9.17) is 14.7 Å². The van der Waals surface area contributed by atoms with Gasteiger partial charge in [-0.05, 0) is 76.1 Å². The van der Waals surface area contributed by atoms with Crippen LogP contribution >= 0.6 is 15.9 Å². The van der Waals surface area contributed by atoms with E-state index in [2.05, 4.69) is 34.1 Å². The van der Waals surface area contributed by atoms with Crippen molar-refractivity contribution in [2.75, 3.05) is 20.3 Å². The quantitative estimate of drug-likeness (QED) is 0.293. The van der Waals surface area contributed by atoms with Crippen LogP contribution in [0.15, 0.2) is 77.3 Å². The minimum absolute atomic E-state index is 0.0118. The fraction of sp³-hybridized carbons (Fsp3) is 0.300. The van der Waals surface area contributed by atoms with E-state index in [1.807, 2.05) is 53.4 Å². The standard InChI is InChI=1S/C30H29BrN2O4/c1-36-29(34)18-25-16-26(33(30(25)35)15-5-8-21-6-3-2-4-7-21)20-37-28-14-13-24(17-27(28)31)23-11-9-22(19-32)10-12-23/h2-4,6-7,9-14,17,25-26H,5,8,15-16,18,20H2,1H3/t25-,26-/m0/s1. The summed E-state index contributed by atoms with van der Waals surface area (Å²) in [6.07, 6.45) is 2.35. The molecule has 190 valence electrons. The van der Waals surface area contributed by atoms with Gasteiger partial charge >= 0.3 is 5.97 Å². The number of amides is 1. The first-order valence-electron chi connectivity index (χ1n) is 12.3. The highest BCUT2D eigenvalue weighted by atomic mass is 79.9. The van der Waals surface area contributed by atoms with Gasteiger partial charge in [0.25, 0.3) is 0 Å². The van der Waals surface area contributed by atoms with Gasteiger partial charge in [0.15, 0.2) is 0 Å². The van der Waals surface area contributed by atoms with Crippen molar-refractivity contribution in [2.45, 2.75) is 31.7 Å². The van der Waals surface area contributed by atoms with Crippen LogP contribution in [0.3, 0.4) is 0 Å². The molecular weight excluding hydrogens is 532 g/mol. The first kappa shape index (κ1) is 26.4. The summed E-state index contributed by atoms with van der Waals surface area (Å²) in [5, 5.41) is 9.01. The Balaban J connectivity index is 1.42. The van der Waals surface area contributed by atoms with Crippen LogP contribution in [0.1, 0.15) is 30.4 Å². The highest BCUT2D eigenvalue weighted by Crippen LogP contribution is 2.33. The normalized spacial score (nSPS) is 16.9. The molecule has 37 heavy (non-hydrogen) atoms. The molecule has 0 N–H and O–H groups in total. The number of nitriles is 1. The molecule has 1 saturated heterocycles. The van der Waals surface area contributed by atoms with Gasteiger partial charge in [0, 0.05) is 6.54 Å². The number of carbonyl (C=O) groups is 2. The topological polar surface area (TPSA) is 79.6 Å². The molecule has 0 spiro atoms. The third kappa shape index (κ3) is 6.78. The second-order valence-corrected chi connectivity index (χ2v) is 9.99. The Morgan fingerprint density at radius 1 is 1.08 bits per heavy atom. The lowest BCUT2D eigenvalue weighted by molar-refractivity contribution is -0.144. The number of carbonyl (C=O) groups excluding carboxylic acids is 2. The first-order chi connectivity index (χ1) is 18.0. The van der Waals surface area contributed by atoms with E-state index < -0.39 is 0 Å². The van der Waals surface area contributed by atoms with E-state index in [9.17, 15) is 9.59 Å². The maximum absolute atomic E-state index is 13.2. The molecule has 0 saturated carbocycles. The molecule has 0 aliphatic carbocycles. The third-order valence-corrected chi connectivity index (χ3v) is 7.31. The monoisotopic (exact) mass is 560 g/mol. The largest absolute Gasteiger partial charge is 0.490 e. The van der Waals surface area contributed by atoms with Crippen LogP contribution in [0.4, 0.5) is 0 Å². The number of rotatable bonds is 10. The molecule has 1 aliphatic rings. The molecule has 3 aromatic carbocycles. The SMILES string of the molecule is COC(=O)C[C@@H]1C[C@@H](COc2ccc(-c3ccc(C#N)cc3)cc2Br)N(CCCc2ccccc2)C1=O. The van der Waals surface area contributed by atoms with Crippen molar-refractivity contribution in [2.24, 2.45) is 5.92 Å². The molecule has 1 fully saturated rings. The molecule has 0 radical (unpaired) electrons. The average molecular weight is 561 g/mol. The zero-order chi connectivity index (χ0) is 26.2. The summed E-state index contributed by atoms with van der Waals surface area (Å²) >= 11 is 3.61. The summed E-state index contributed by atoms with van der Waals surface area (Å²) in [6.45, 7) is 0.946. The Morgan fingerprint density at radius 3 is 2.49 bits per heavy atom. The van der Waals surface area contributed by atoms with Crippen LogP contribution in [0.2, 0.25) is 0 Å². The van der Waals surface area contributed by atoms with Gasteiger partial charge in [0.2, 0.25) is 5.91 Å². The van der Waals surface area contributed by atoms with Crippen molar-refractivity contribution in [3.63, 3.8) is 0 Å². The molecule has 1 aliphatic heterocycles. The average Bonchev–Trinajstić information content (AvgIpc) is 3.22. The number of methoxy groups -OCH3 is 1. The summed E-state index contributed by atoms with van der Waals surface area (Å²) in [6, 6.07) is 25.5. The number of hydrogen-bond donors (Lipinski definition) is 0. The maximum atomic E-state index is 13.2. The Labute approximate surface area is 225 Å². The first-order valence-corrected chi connectivity index (χ1v) is 13.1. The molecule has 4 rings (SSSR count). The van der Waals surface area contributed by atoms with Gasteiger partial charge in [-0.3, -0.25) is 9.59 Å². The van der Waals surface area contributed by atoms with Crippen molar-refractivity contribution in [1.29, 1.82) is 5.26 Å². The molecule has 7 heteroatoms. The number of esters is 1. The van der Waals surface area contributed by atoms with Crippen LogP contribution < -0.4 is 4.74 Å². The Morgan fingerprint density at radius 2 is 1.81 bits per heavy atom. The van der Waals surface area contributed by atoms with Gasteiger partial charge in [0.05, 0.1) is 41.6 Å². The third-order valence-electron chi connectivity index (χ3n) is 6.69. The van der Waals surface area contributed by atoms with Crippen LogP contribution in [-0.2, 0) is 20.7 Å². The number of aryl methyl sites for hydroxylation is 1. The van der Waals surface area contributed by atoms with Gasteiger partial charge in [-0.25, -0.2) is 0 Å². The second kappa shape index (κ2) is 12.6. The number of hydrogen-bond acceptors (Lipinski definition) is 5. The van der Waals surface area contributed by atoms with Gasteiger partial charge in [0.1, 0.15) is 12.4 Å². The molecule has 1 heterocycles. The summed E-state index contributed by atoms with van der Waals surface area (Å²) in [5.41, 5.74) is 3.86. The van der Waals surface area contributed by atoms with Gasteiger partial charge in [-0.15, -0.1) is 0 Å². The zero-order valence-electron chi connectivity index (χ0n) is 20.7. The Kier molecular flexibility index (Phi) is 8.97. The van der Waals surface area contributed by atoms with E-state index in [-0.39, 0.29) is 30.3 Å². The van der Waals surface area contributed by atoms with E-state index >= 15 is 0 Å². The lowest BCUT2D eigenvalue weighted by Gasteiger charge is -2.25. The predicted octanol–water partition coefficient (Wildman–Crippen LogP) is 5.78. The van der Waals surface area contributed by atoms with Crippen LogP contribution in [0, 0.1) is 17.2 Å². The molecule has 0 unspecified atom stereocenters. The van der Waals surface area contributed by atoms with Gasteiger partial charge in [-0.1, -0.05) is 48.5 Å². The summed E-state index contributed by atoms with van der Waals surface area (Å²) in [4.78, 5) is 26.9. The van der Waals surface area contributed by atoms with Gasteiger partial charge < -0.3 is 14.4 Å². The maximum Gasteiger partial charge on any atom is 0.306 e. The predicted molar refractivity (Wildman–Crippen MR) is 145 cm³/mol. The highest BCUT2D eigenvalue weighted by Gasteiger charge is 2.40. The number of likely N-dealkylation sites (tertiary alicyclic amines) is 1. The fourth-order valence-corrected chi connectivity index (χ4v) is 5.19. The molecule has 6 nitrogen and oxygen atoms in total.